The minimum atomic E-state index is 0.512. The molecule has 0 bridgehead atoms. The Hall–Kier alpha value is -3.67. The van der Waals surface area contributed by atoms with Crippen LogP contribution in [0.25, 0.3) is 11.3 Å². The molecule has 2 aromatic carbocycles. The molecule has 2 aromatic heterocycles. The molecule has 4 aromatic rings. The summed E-state index contributed by atoms with van der Waals surface area (Å²) in [6.07, 6.45) is 0. The van der Waals surface area contributed by atoms with Gasteiger partial charge in [0.1, 0.15) is 11.6 Å². The van der Waals surface area contributed by atoms with Crippen LogP contribution in [-0.2, 0) is 0 Å². The maximum Gasteiger partial charge on any atom is 0.229 e. The molecular formula is C22H21N5O. The number of hydrogen-bond donors (Lipinski definition) is 2. The van der Waals surface area contributed by atoms with E-state index in [-0.39, 0.29) is 0 Å². The fourth-order valence-electron chi connectivity index (χ4n) is 2.87. The van der Waals surface area contributed by atoms with Crippen LogP contribution in [0.15, 0.2) is 65.2 Å². The van der Waals surface area contributed by atoms with Crippen molar-refractivity contribution in [2.24, 2.45) is 0 Å². The van der Waals surface area contributed by atoms with Crippen LogP contribution in [0, 0.1) is 20.8 Å². The Morgan fingerprint density at radius 2 is 1.61 bits per heavy atom. The number of hydrogen-bond acceptors (Lipinski definition) is 6. The molecule has 0 radical (unpaired) electrons. The molecule has 28 heavy (non-hydrogen) atoms. The van der Waals surface area contributed by atoms with Crippen molar-refractivity contribution in [2.45, 2.75) is 20.8 Å². The number of benzene rings is 2. The van der Waals surface area contributed by atoms with Gasteiger partial charge in [-0.15, -0.1) is 0 Å². The summed E-state index contributed by atoms with van der Waals surface area (Å²) in [7, 11) is 0. The van der Waals surface area contributed by atoms with Crippen LogP contribution >= 0.6 is 0 Å². The molecule has 0 saturated heterocycles. The third-order valence-electron chi connectivity index (χ3n) is 4.32. The lowest BCUT2D eigenvalue weighted by atomic mass is 10.1. The Morgan fingerprint density at radius 1 is 0.786 bits per heavy atom. The zero-order chi connectivity index (χ0) is 19.5. The highest BCUT2D eigenvalue weighted by molar-refractivity contribution is 5.68. The summed E-state index contributed by atoms with van der Waals surface area (Å²) in [5.41, 5.74) is 5.09. The minimum absolute atomic E-state index is 0.512. The molecule has 6 heteroatoms. The number of aryl methyl sites for hydroxylation is 3. The summed E-state index contributed by atoms with van der Waals surface area (Å²) in [6.45, 7) is 5.97. The lowest BCUT2D eigenvalue weighted by molar-refractivity contribution is 0.400. The van der Waals surface area contributed by atoms with E-state index in [1.807, 2.05) is 49.4 Å². The van der Waals surface area contributed by atoms with Gasteiger partial charge in [-0.2, -0.15) is 4.98 Å². The predicted molar refractivity (Wildman–Crippen MR) is 111 cm³/mol. The first-order valence-electron chi connectivity index (χ1n) is 9.06. The molecule has 140 valence electrons. The van der Waals surface area contributed by atoms with E-state index in [1.54, 1.807) is 0 Å². The third-order valence-corrected chi connectivity index (χ3v) is 4.32. The van der Waals surface area contributed by atoms with Gasteiger partial charge in [-0.25, -0.2) is 4.98 Å². The predicted octanol–water partition coefficient (Wildman–Crippen LogP) is 5.54. The molecule has 4 rings (SSSR count). The Labute approximate surface area is 163 Å². The quantitative estimate of drug-likeness (QED) is 0.479. The largest absolute Gasteiger partial charge is 0.360 e. The number of aromatic nitrogens is 3. The molecule has 0 spiro atoms. The van der Waals surface area contributed by atoms with Gasteiger partial charge in [0.15, 0.2) is 5.82 Å². The topological polar surface area (TPSA) is 75.9 Å². The number of anilines is 4. The maximum absolute atomic E-state index is 5.13. The van der Waals surface area contributed by atoms with E-state index < -0.39 is 0 Å². The number of rotatable bonds is 5. The smallest absolute Gasteiger partial charge is 0.229 e. The van der Waals surface area contributed by atoms with Gasteiger partial charge in [-0.1, -0.05) is 47.6 Å². The standard InChI is InChI=1S/C22H21N5O/c1-14-9-10-15(2)18(11-14)23-22-24-19(17-7-5-4-6-8-17)13-20(26-22)25-21-12-16(3)28-27-21/h4-13H,1-3H3,(H2,23,24,25,26,27). The lowest BCUT2D eigenvalue weighted by Gasteiger charge is -2.12. The Kier molecular flexibility index (Phi) is 4.76. The molecule has 0 aliphatic rings. The minimum Gasteiger partial charge on any atom is -0.360 e. The maximum atomic E-state index is 5.13. The SMILES string of the molecule is Cc1ccc(C)c(Nc2nc(Nc3cc(C)on3)cc(-c3ccccc3)n2)c1. The summed E-state index contributed by atoms with van der Waals surface area (Å²) >= 11 is 0. The van der Waals surface area contributed by atoms with Crippen LogP contribution in [0.3, 0.4) is 0 Å². The van der Waals surface area contributed by atoms with Gasteiger partial charge in [0.2, 0.25) is 5.95 Å². The molecule has 0 atom stereocenters. The van der Waals surface area contributed by atoms with Crippen molar-refractivity contribution >= 4 is 23.3 Å². The van der Waals surface area contributed by atoms with Crippen LogP contribution < -0.4 is 10.6 Å². The highest BCUT2D eigenvalue weighted by atomic mass is 16.5. The van der Waals surface area contributed by atoms with Crippen LogP contribution in [0.4, 0.5) is 23.3 Å². The first-order chi connectivity index (χ1) is 13.6. The Balaban J connectivity index is 1.74. The van der Waals surface area contributed by atoms with Crippen LogP contribution in [0.2, 0.25) is 0 Å². The van der Waals surface area contributed by atoms with E-state index in [2.05, 4.69) is 52.8 Å². The number of nitrogens with one attached hydrogen (secondary N) is 2. The van der Waals surface area contributed by atoms with Gasteiger partial charge in [0.25, 0.3) is 0 Å². The van der Waals surface area contributed by atoms with Gasteiger partial charge in [-0.05, 0) is 38.0 Å². The lowest BCUT2D eigenvalue weighted by Crippen LogP contribution is -2.03. The third kappa shape index (κ3) is 4.01. The van der Waals surface area contributed by atoms with Crippen molar-refractivity contribution in [1.82, 2.24) is 15.1 Å². The van der Waals surface area contributed by atoms with Crippen LogP contribution in [-0.4, -0.2) is 15.1 Å². The van der Waals surface area contributed by atoms with Gasteiger partial charge in [0.05, 0.1) is 5.69 Å². The second kappa shape index (κ2) is 7.52. The summed E-state index contributed by atoms with van der Waals surface area (Å²) < 4.78 is 5.13. The second-order valence-electron chi connectivity index (χ2n) is 6.72. The summed E-state index contributed by atoms with van der Waals surface area (Å²) in [4.78, 5) is 9.32. The molecule has 0 amide bonds. The van der Waals surface area contributed by atoms with E-state index in [0.29, 0.717) is 17.6 Å². The van der Waals surface area contributed by atoms with Crippen LogP contribution in [0.1, 0.15) is 16.9 Å². The van der Waals surface area contributed by atoms with E-state index in [9.17, 15) is 0 Å². The van der Waals surface area contributed by atoms with Gasteiger partial charge in [0, 0.05) is 23.4 Å². The summed E-state index contributed by atoms with van der Waals surface area (Å²) in [5, 5.41) is 10.5. The van der Waals surface area contributed by atoms with Crippen molar-refractivity contribution in [3.63, 3.8) is 0 Å². The highest BCUT2D eigenvalue weighted by Gasteiger charge is 2.10. The van der Waals surface area contributed by atoms with E-state index in [1.165, 1.54) is 5.56 Å². The van der Waals surface area contributed by atoms with Gasteiger partial charge in [-0.3, -0.25) is 0 Å². The van der Waals surface area contributed by atoms with Gasteiger partial charge >= 0.3 is 0 Å². The fourth-order valence-corrected chi connectivity index (χ4v) is 2.87. The van der Waals surface area contributed by atoms with Gasteiger partial charge < -0.3 is 15.2 Å². The first-order valence-corrected chi connectivity index (χ1v) is 9.06. The molecule has 6 nitrogen and oxygen atoms in total. The molecule has 2 N–H and O–H groups in total. The highest BCUT2D eigenvalue weighted by Crippen LogP contribution is 2.26. The average Bonchev–Trinajstić information content (AvgIpc) is 3.10. The average molecular weight is 371 g/mol. The molecular weight excluding hydrogens is 350 g/mol. The van der Waals surface area contributed by atoms with E-state index in [0.717, 1.165) is 28.3 Å². The molecule has 2 heterocycles. The fraction of sp³-hybridized carbons (Fsp3) is 0.136. The van der Waals surface area contributed by atoms with Crippen molar-refractivity contribution in [3.8, 4) is 11.3 Å². The first kappa shape index (κ1) is 17.7. The second-order valence-corrected chi connectivity index (χ2v) is 6.72. The monoisotopic (exact) mass is 371 g/mol. The Bertz CT molecular complexity index is 1110. The van der Waals surface area contributed by atoms with Crippen molar-refractivity contribution in [2.75, 3.05) is 10.6 Å². The van der Waals surface area contributed by atoms with Crippen molar-refractivity contribution in [1.29, 1.82) is 0 Å². The molecule has 0 aliphatic carbocycles. The van der Waals surface area contributed by atoms with Crippen molar-refractivity contribution in [3.05, 3.63) is 77.6 Å². The zero-order valence-electron chi connectivity index (χ0n) is 16.0. The zero-order valence-corrected chi connectivity index (χ0v) is 16.0. The summed E-state index contributed by atoms with van der Waals surface area (Å²) in [6, 6.07) is 20.0. The normalized spacial score (nSPS) is 10.7. The summed E-state index contributed by atoms with van der Waals surface area (Å²) in [5.74, 6) is 2.48. The van der Waals surface area contributed by atoms with Crippen LogP contribution in [0.5, 0.6) is 0 Å². The van der Waals surface area contributed by atoms with E-state index >= 15 is 0 Å². The molecule has 0 fully saturated rings. The van der Waals surface area contributed by atoms with Crippen molar-refractivity contribution < 1.29 is 4.52 Å². The Morgan fingerprint density at radius 3 is 2.36 bits per heavy atom. The number of nitrogens with zero attached hydrogens (tertiary/aromatic N) is 3. The molecule has 0 saturated carbocycles. The van der Waals surface area contributed by atoms with E-state index in [4.69, 9.17) is 9.51 Å². The molecule has 0 unspecified atom stereocenters. The molecule has 0 aliphatic heterocycles.